The average molecular weight is 279 g/mol. The molecule has 0 spiro atoms. The second kappa shape index (κ2) is 8.80. The van der Waals surface area contributed by atoms with E-state index in [0.717, 1.165) is 25.7 Å². The summed E-state index contributed by atoms with van der Waals surface area (Å²) in [6.45, 7) is 0.613. The number of hydrogen-bond acceptors (Lipinski definition) is 7. The molecular formula is C12H25NO6. The van der Waals surface area contributed by atoms with Crippen molar-refractivity contribution in [1.29, 1.82) is 0 Å². The minimum Gasteiger partial charge on any atom is -0.394 e. The first-order valence-corrected chi connectivity index (χ1v) is 6.74. The molecule has 0 aromatic carbocycles. The molecule has 19 heavy (non-hydrogen) atoms. The summed E-state index contributed by atoms with van der Waals surface area (Å²) in [5.41, 5.74) is 5.38. The molecule has 0 amide bonds. The van der Waals surface area contributed by atoms with Crippen molar-refractivity contribution in [3.05, 3.63) is 0 Å². The van der Waals surface area contributed by atoms with Crippen molar-refractivity contribution >= 4 is 0 Å². The zero-order chi connectivity index (χ0) is 14.3. The molecule has 0 bridgehead atoms. The van der Waals surface area contributed by atoms with Crippen molar-refractivity contribution in [2.75, 3.05) is 19.8 Å². The maximum Gasteiger partial charge on any atom is 0.186 e. The van der Waals surface area contributed by atoms with Crippen molar-refractivity contribution in [3.63, 3.8) is 0 Å². The largest absolute Gasteiger partial charge is 0.394 e. The van der Waals surface area contributed by atoms with Gasteiger partial charge < -0.3 is 35.6 Å². The topological polar surface area (TPSA) is 125 Å². The lowest BCUT2D eigenvalue weighted by atomic mass is 9.99. The normalized spacial score (nSPS) is 35.5. The number of rotatable bonds is 8. The minimum atomic E-state index is -1.38. The Labute approximate surface area is 112 Å². The van der Waals surface area contributed by atoms with E-state index in [1.54, 1.807) is 0 Å². The van der Waals surface area contributed by atoms with E-state index in [2.05, 4.69) is 0 Å². The number of nitrogens with two attached hydrogens (primary N) is 1. The molecule has 1 heterocycles. The van der Waals surface area contributed by atoms with Crippen molar-refractivity contribution in [2.45, 2.75) is 56.4 Å². The van der Waals surface area contributed by atoms with Gasteiger partial charge in [-0.1, -0.05) is 12.8 Å². The maximum atomic E-state index is 9.70. The van der Waals surface area contributed by atoms with Crippen LogP contribution in [0.5, 0.6) is 0 Å². The van der Waals surface area contributed by atoms with Crippen LogP contribution in [0.25, 0.3) is 0 Å². The van der Waals surface area contributed by atoms with Gasteiger partial charge in [0.2, 0.25) is 0 Å². The minimum absolute atomic E-state index is 0.382. The highest BCUT2D eigenvalue weighted by Gasteiger charge is 2.43. The average Bonchev–Trinajstić information content (AvgIpc) is 2.42. The second-order valence-electron chi connectivity index (χ2n) is 4.77. The summed E-state index contributed by atoms with van der Waals surface area (Å²) in [5.74, 6) is 0. The predicted molar refractivity (Wildman–Crippen MR) is 67.2 cm³/mol. The van der Waals surface area contributed by atoms with Gasteiger partial charge in [-0.05, 0) is 19.4 Å². The molecule has 5 atom stereocenters. The maximum absolute atomic E-state index is 9.70. The molecule has 0 aromatic heterocycles. The Morgan fingerprint density at radius 2 is 1.63 bits per heavy atom. The van der Waals surface area contributed by atoms with Crippen LogP contribution >= 0.6 is 0 Å². The van der Waals surface area contributed by atoms with Crippen LogP contribution in [0.15, 0.2) is 0 Å². The van der Waals surface area contributed by atoms with Crippen molar-refractivity contribution < 1.29 is 29.9 Å². The smallest absolute Gasteiger partial charge is 0.186 e. The van der Waals surface area contributed by atoms with E-state index < -0.39 is 37.3 Å². The molecule has 1 aliphatic rings. The van der Waals surface area contributed by atoms with Crippen LogP contribution in [0.4, 0.5) is 0 Å². The quantitative estimate of drug-likeness (QED) is 0.336. The Balaban J connectivity index is 2.28. The van der Waals surface area contributed by atoms with E-state index in [1.807, 2.05) is 0 Å². The molecule has 1 aliphatic heterocycles. The van der Waals surface area contributed by atoms with Crippen molar-refractivity contribution in [2.24, 2.45) is 5.73 Å². The SMILES string of the molecule is NCCCCCCO[C@@H]1O[C@H](CO)[C@@H](O)[C@H](O)[C@@H]1O. The zero-order valence-corrected chi connectivity index (χ0v) is 11.0. The third-order valence-corrected chi connectivity index (χ3v) is 3.23. The van der Waals surface area contributed by atoms with Gasteiger partial charge in [-0.3, -0.25) is 0 Å². The third kappa shape index (κ3) is 4.96. The van der Waals surface area contributed by atoms with Gasteiger partial charge in [-0.15, -0.1) is 0 Å². The highest BCUT2D eigenvalue weighted by atomic mass is 16.7. The van der Waals surface area contributed by atoms with Gasteiger partial charge in [0.25, 0.3) is 0 Å². The summed E-state index contributed by atoms with van der Waals surface area (Å²) in [4.78, 5) is 0. The number of unbranched alkanes of at least 4 members (excludes halogenated alkanes) is 3. The van der Waals surface area contributed by atoms with Crippen LogP contribution in [0.1, 0.15) is 25.7 Å². The summed E-state index contributed by atoms with van der Waals surface area (Å²) >= 11 is 0. The first kappa shape index (κ1) is 16.8. The fourth-order valence-corrected chi connectivity index (χ4v) is 2.00. The van der Waals surface area contributed by atoms with Gasteiger partial charge in [0.15, 0.2) is 6.29 Å². The zero-order valence-electron chi connectivity index (χ0n) is 11.0. The highest BCUT2D eigenvalue weighted by Crippen LogP contribution is 2.22. The first-order valence-electron chi connectivity index (χ1n) is 6.74. The standard InChI is InChI=1S/C12H25NO6/c13-5-3-1-2-4-6-18-12-11(17)10(16)9(15)8(7-14)19-12/h8-12,14-17H,1-7,13H2/t8-,9-,10+,11+,12-/m1/s1. The van der Waals surface area contributed by atoms with Crippen LogP contribution in [-0.2, 0) is 9.47 Å². The van der Waals surface area contributed by atoms with E-state index in [4.69, 9.17) is 20.3 Å². The molecule has 6 N–H and O–H groups in total. The fraction of sp³-hybridized carbons (Fsp3) is 1.00. The van der Waals surface area contributed by atoms with Gasteiger partial charge in [0.05, 0.1) is 6.61 Å². The monoisotopic (exact) mass is 279 g/mol. The third-order valence-electron chi connectivity index (χ3n) is 3.23. The lowest BCUT2D eigenvalue weighted by Crippen LogP contribution is -2.59. The summed E-state index contributed by atoms with van der Waals surface area (Å²) in [6.07, 6.45) is -2.22. The van der Waals surface area contributed by atoms with Crippen LogP contribution in [0.3, 0.4) is 0 Å². The van der Waals surface area contributed by atoms with E-state index in [0.29, 0.717) is 13.2 Å². The molecule has 1 fully saturated rings. The Morgan fingerprint density at radius 1 is 0.947 bits per heavy atom. The van der Waals surface area contributed by atoms with Crippen LogP contribution in [-0.4, -0.2) is 70.9 Å². The van der Waals surface area contributed by atoms with Gasteiger partial charge >= 0.3 is 0 Å². The van der Waals surface area contributed by atoms with Crippen LogP contribution in [0, 0.1) is 0 Å². The molecule has 7 nitrogen and oxygen atoms in total. The molecule has 1 saturated heterocycles. The lowest BCUT2D eigenvalue weighted by Gasteiger charge is -2.39. The molecule has 1 rings (SSSR count). The molecule has 0 unspecified atom stereocenters. The van der Waals surface area contributed by atoms with E-state index >= 15 is 0 Å². The van der Waals surface area contributed by atoms with Gasteiger partial charge in [0, 0.05) is 6.61 Å². The van der Waals surface area contributed by atoms with Crippen LogP contribution < -0.4 is 5.73 Å². The number of ether oxygens (including phenoxy) is 2. The van der Waals surface area contributed by atoms with E-state index in [-0.39, 0.29) is 0 Å². The van der Waals surface area contributed by atoms with Gasteiger partial charge in [-0.25, -0.2) is 0 Å². The molecular weight excluding hydrogens is 254 g/mol. The van der Waals surface area contributed by atoms with Crippen LogP contribution in [0.2, 0.25) is 0 Å². The van der Waals surface area contributed by atoms with Gasteiger partial charge in [-0.2, -0.15) is 0 Å². The molecule has 0 saturated carbocycles. The molecule has 0 radical (unpaired) electrons. The number of aliphatic hydroxyl groups excluding tert-OH is 4. The lowest BCUT2D eigenvalue weighted by molar-refractivity contribution is -0.301. The highest BCUT2D eigenvalue weighted by molar-refractivity contribution is 4.88. The summed E-state index contributed by atoms with van der Waals surface area (Å²) < 4.78 is 10.5. The Morgan fingerprint density at radius 3 is 2.26 bits per heavy atom. The molecule has 0 aliphatic carbocycles. The van der Waals surface area contributed by atoms with E-state index in [1.165, 1.54) is 0 Å². The Kier molecular flexibility index (Phi) is 7.77. The fourth-order valence-electron chi connectivity index (χ4n) is 2.00. The molecule has 0 aromatic rings. The van der Waals surface area contributed by atoms with Crippen molar-refractivity contribution in [3.8, 4) is 0 Å². The number of aliphatic hydroxyl groups is 4. The Bertz CT molecular complexity index is 240. The number of hydrogen-bond donors (Lipinski definition) is 5. The molecule has 7 heteroatoms. The first-order chi connectivity index (χ1) is 9.11. The predicted octanol–water partition coefficient (Wildman–Crippen LogP) is -1.68. The molecule has 114 valence electrons. The van der Waals surface area contributed by atoms with Gasteiger partial charge in [0.1, 0.15) is 24.4 Å². The van der Waals surface area contributed by atoms with Crippen molar-refractivity contribution in [1.82, 2.24) is 0 Å². The summed E-state index contributed by atoms with van der Waals surface area (Å²) in [7, 11) is 0. The summed E-state index contributed by atoms with van der Waals surface area (Å²) in [5, 5.41) is 37.8. The second-order valence-corrected chi connectivity index (χ2v) is 4.77. The Hall–Kier alpha value is -0.280. The van der Waals surface area contributed by atoms with E-state index in [9.17, 15) is 15.3 Å². The summed E-state index contributed by atoms with van der Waals surface area (Å²) in [6, 6.07) is 0.